The Balaban J connectivity index is 2.88. The second kappa shape index (κ2) is 6.25. The van der Waals surface area contributed by atoms with E-state index in [1.54, 1.807) is 6.33 Å². The lowest BCUT2D eigenvalue weighted by Crippen LogP contribution is -2.46. The van der Waals surface area contributed by atoms with Gasteiger partial charge in [-0.3, -0.25) is 0 Å². The zero-order valence-electron chi connectivity index (χ0n) is 14.5. The van der Waals surface area contributed by atoms with Crippen molar-refractivity contribution in [3.63, 3.8) is 0 Å². The summed E-state index contributed by atoms with van der Waals surface area (Å²) < 4.78 is 2.04. The van der Waals surface area contributed by atoms with E-state index in [9.17, 15) is 0 Å². The van der Waals surface area contributed by atoms with Crippen molar-refractivity contribution in [2.45, 2.75) is 73.4 Å². The molecule has 1 N–H and O–H groups in total. The Morgan fingerprint density at radius 1 is 1.15 bits per heavy atom. The maximum Gasteiger partial charge on any atom is 0.138 e. The third kappa shape index (κ3) is 4.58. The molecule has 116 valence electrons. The van der Waals surface area contributed by atoms with Crippen molar-refractivity contribution in [1.82, 2.24) is 20.1 Å². The molecule has 0 fully saturated rings. The fourth-order valence-electron chi connectivity index (χ4n) is 2.13. The molecule has 1 unspecified atom stereocenters. The van der Waals surface area contributed by atoms with Gasteiger partial charge in [0.05, 0.1) is 0 Å². The van der Waals surface area contributed by atoms with Crippen molar-refractivity contribution in [3.8, 4) is 0 Å². The minimum Gasteiger partial charge on any atom is -0.312 e. The molecule has 1 aromatic heterocycles. The molecule has 4 heteroatoms. The highest BCUT2D eigenvalue weighted by Crippen LogP contribution is 2.31. The molecule has 4 nitrogen and oxygen atoms in total. The van der Waals surface area contributed by atoms with Gasteiger partial charge in [0.2, 0.25) is 0 Å². The summed E-state index contributed by atoms with van der Waals surface area (Å²) in [5, 5.41) is 8.00. The summed E-state index contributed by atoms with van der Waals surface area (Å²) in [6.07, 6.45) is 2.62. The first kappa shape index (κ1) is 17.2. The number of nitrogens with one attached hydrogen (secondary N) is 1. The Labute approximate surface area is 124 Å². The molecule has 1 rings (SSSR count). The largest absolute Gasteiger partial charge is 0.312 e. The SMILES string of the molecule is CC(C)n1ncnc1CC(C)(CNC(C)(C)C)C(C)C. The third-order valence-corrected chi connectivity index (χ3v) is 4.11. The Hall–Kier alpha value is -0.900. The molecular formula is C16H32N4. The van der Waals surface area contributed by atoms with Crippen LogP contribution in [0.2, 0.25) is 0 Å². The monoisotopic (exact) mass is 280 g/mol. The van der Waals surface area contributed by atoms with Gasteiger partial charge in [-0.25, -0.2) is 9.67 Å². The smallest absolute Gasteiger partial charge is 0.138 e. The number of nitrogens with zero attached hydrogens (tertiary/aromatic N) is 3. The summed E-state index contributed by atoms with van der Waals surface area (Å²) in [5.74, 6) is 1.67. The third-order valence-electron chi connectivity index (χ3n) is 4.11. The van der Waals surface area contributed by atoms with E-state index in [2.05, 4.69) is 70.8 Å². The van der Waals surface area contributed by atoms with E-state index in [4.69, 9.17) is 0 Å². The fourth-order valence-corrected chi connectivity index (χ4v) is 2.13. The Kier molecular flexibility index (Phi) is 5.36. The van der Waals surface area contributed by atoms with Gasteiger partial charge in [-0.05, 0) is 46.0 Å². The van der Waals surface area contributed by atoms with Crippen LogP contribution in [0.5, 0.6) is 0 Å². The van der Waals surface area contributed by atoms with Gasteiger partial charge in [0.1, 0.15) is 12.2 Å². The number of rotatable bonds is 6. The van der Waals surface area contributed by atoms with Gasteiger partial charge in [-0.15, -0.1) is 0 Å². The van der Waals surface area contributed by atoms with Gasteiger partial charge >= 0.3 is 0 Å². The van der Waals surface area contributed by atoms with Crippen LogP contribution in [-0.4, -0.2) is 26.8 Å². The van der Waals surface area contributed by atoms with Crippen LogP contribution in [0.3, 0.4) is 0 Å². The average Bonchev–Trinajstić information content (AvgIpc) is 2.73. The van der Waals surface area contributed by atoms with Crippen molar-refractivity contribution in [2.75, 3.05) is 6.54 Å². The van der Waals surface area contributed by atoms with E-state index >= 15 is 0 Å². The lowest BCUT2D eigenvalue weighted by Gasteiger charge is -2.37. The van der Waals surface area contributed by atoms with Crippen molar-refractivity contribution >= 4 is 0 Å². The lowest BCUT2D eigenvalue weighted by atomic mass is 9.75. The lowest BCUT2D eigenvalue weighted by molar-refractivity contribution is 0.181. The summed E-state index contributed by atoms with van der Waals surface area (Å²) in [6.45, 7) is 18.9. The van der Waals surface area contributed by atoms with Gasteiger partial charge in [0, 0.05) is 24.5 Å². The van der Waals surface area contributed by atoms with E-state index < -0.39 is 0 Å². The van der Waals surface area contributed by atoms with E-state index in [1.165, 1.54) is 0 Å². The minimum atomic E-state index is 0.141. The Morgan fingerprint density at radius 3 is 2.20 bits per heavy atom. The van der Waals surface area contributed by atoms with Crippen molar-refractivity contribution in [2.24, 2.45) is 11.3 Å². The molecule has 0 aliphatic carbocycles. The Bertz CT molecular complexity index is 414. The van der Waals surface area contributed by atoms with Crippen LogP contribution in [0.4, 0.5) is 0 Å². The van der Waals surface area contributed by atoms with E-state index in [0.717, 1.165) is 18.8 Å². The first-order valence-corrected chi connectivity index (χ1v) is 7.68. The van der Waals surface area contributed by atoms with E-state index in [1.807, 2.05) is 4.68 Å². The minimum absolute atomic E-state index is 0.141. The number of hydrogen-bond donors (Lipinski definition) is 1. The quantitative estimate of drug-likeness (QED) is 0.868. The van der Waals surface area contributed by atoms with Crippen LogP contribution in [0.15, 0.2) is 6.33 Å². The topological polar surface area (TPSA) is 42.7 Å². The summed E-state index contributed by atoms with van der Waals surface area (Å²) in [5.41, 5.74) is 0.314. The maximum absolute atomic E-state index is 4.47. The molecule has 0 amide bonds. The molecule has 0 aromatic carbocycles. The van der Waals surface area contributed by atoms with Crippen LogP contribution < -0.4 is 5.32 Å². The Morgan fingerprint density at radius 2 is 1.75 bits per heavy atom. The first-order chi connectivity index (χ1) is 9.05. The fraction of sp³-hybridized carbons (Fsp3) is 0.875. The molecule has 0 spiro atoms. The van der Waals surface area contributed by atoms with Gasteiger partial charge in [-0.2, -0.15) is 5.10 Å². The average molecular weight is 280 g/mol. The normalized spacial score (nSPS) is 15.9. The van der Waals surface area contributed by atoms with E-state index in [-0.39, 0.29) is 11.0 Å². The molecule has 0 saturated carbocycles. The molecule has 0 saturated heterocycles. The summed E-state index contributed by atoms with van der Waals surface area (Å²) >= 11 is 0. The predicted molar refractivity (Wildman–Crippen MR) is 84.8 cm³/mol. The molecule has 1 atom stereocenters. The number of hydrogen-bond acceptors (Lipinski definition) is 3. The second-order valence-electron chi connectivity index (χ2n) is 7.80. The van der Waals surface area contributed by atoms with Crippen LogP contribution in [0, 0.1) is 11.3 Å². The summed E-state index contributed by atoms with van der Waals surface area (Å²) in [7, 11) is 0. The summed E-state index contributed by atoms with van der Waals surface area (Å²) in [4.78, 5) is 4.47. The maximum atomic E-state index is 4.47. The highest BCUT2D eigenvalue weighted by atomic mass is 15.3. The highest BCUT2D eigenvalue weighted by Gasteiger charge is 2.32. The van der Waals surface area contributed by atoms with Gasteiger partial charge < -0.3 is 5.32 Å². The van der Waals surface area contributed by atoms with Crippen LogP contribution in [0.25, 0.3) is 0 Å². The molecule has 0 aliphatic heterocycles. The van der Waals surface area contributed by atoms with Crippen LogP contribution in [0.1, 0.15) is 67.3 Å². The van der Waals surface area contributed by atoms with Crippen LogP contribution in [-0.2, 0) is 6.42 Å². The second-order valence-corrected chi connectivity index (χ2v) is 7.80. The van der Waals surface area contributed by atoms with Gasteiger partial charge in [0.15, 0.2) is 0 Å². The zero-order valence-corrected chi connectivity index (χ0v) is 14.5. The van der Waals surface area contributed by atoms with Crippen molar-refractivity contribution in [1.29, 1.82) is 0 Å². The molecular weight excluding hydrogens is 248 g/mol. The molecule has 0 bridgehead atoms. The van der Waals surface area contributed by atoms with Crippen molar-refractivity contribution in [3.05, 3.63) is 12.2 Å². The highest BCUT2D eigenvalue weighted by molar-refractivity contribution is 4.96. The first-order valence-electron chi connectivity index (χ1n) is 7.68. The number of aromatic nitrogens is 3. The molecule has 20 heavy (non-hydrogen) atoms. The predicted octanol–water partition coefficient (Wildman–Crippen LogP) is 3.45. The molecule has 1 aromatic rings. The van der Waals surface area contributed by atoms with Gasteiger partial charge in [-0.1, -0.05) is 20.8 Å². The van der Waals surface area contributed by atoms with E-state index in [0.29, 0.717) is 12.0 Å². The van der Waals surface area contributed by atoms with Crippen LogP contribution >= 0.6 is 0 Å². The summed E-state index contributed by atoms with van der Waals surface area (Å²) in [6, 6.07) is 0.361. The molecule has 0 aliphatic rings. The zero-order chi connectivity index (χ0) is 15.6. The standard InChI is InChI=1S/C16H32N4/c1-12(2)16(8,10-18-15(5,6)7)9-14-17-11-19-20(14)13(3)4/h11-13,18H,9-10H2,1-8H3. The molecule has 1 heterocycles. The molecule has 0 radical (unpaired) electrons. The van der Waals surface area contributed by atoms with Gasteiger partial charge in [0.25, 0.3) is 0 Å². The van der Waals surface area contributed by atoms with Crippen molar-refractivity contribution < 1.29 is 0 Å².